The van der Waals surface area contributed by atoms with Gasteiger partial charge in [-0.25, -0.2) is 4.79 Å². The van der Waals surface area contributed by atoms with Crippen LogP contribution < -0.4 is 10.6 Å². The molecule has 2 rings (SSSR count). The number of carbonyl (C=O) groups excluding carboxylic acids is 1. The normalized spacial score (nSPS) is 31.8. The van der Waals surface area contributed by atoms with E-state index >= 15 is 0 Å². The third kappa shape index (κ3) is 5.29. The van der Waals surface area contributed by atoms with Gasteiger partial charge in [-0.15, -0.1) is 0 Å². The Morgan fingerprint density at radius 1 is 1.25 bits per heavy atom. The third-order valence-corrected chi connectivity index (χ3v) is 4.49. The molecule has 116 valence electrons. The summed E-state index contributed by atoms with van der Waals surface area (Å²) >= 11 is 0. The Morgan fingerprint density at radius 2 is 2.00 bits per heavy atom. The highest BCUT2D eigenvalue weighted by Gasteiger charge is 2.21. The number of amides is 2. The number of urea groups is 1. The lowest BCUT2D eigenvalue weighted by atomic mass is 9.93. The van der Waals surface area contributed by atoms with Crippen LogP contribution in [0.4, 0.5) is 4.79 Å². The number of piperidine rings is 1. The molecule has 1 aliphatic heterocycles. The number of hydrogen-bond acceptors (Lipinski definition) is 3. The zero-order valence-electron chi connectivity index (χ0n) is 12.6. The van der Waals surface area contributed by atoms with E-state index < -0.39 is 0 Å². The third-order valence-electron chi connectivity index (χ3n) is 4.49. The maximum absolute atomic E-state index is 11.8. The largest absolute Gasteiger partial charge is 0.393 e. The SMILES string of the molecule is CC1CCCN(CCNC(=O)NC2CCC(O)CC2)C1. The van der Waals surface area contributed by atoms with Gasteiger partial charge in [0.05, 0.1) is 6.10 Å². The minimum absolute atomic E-state index is 0.0588. The van der Waals surface area contributed by atoms with Gasteiger partial charge in [-0.05, 0) is 51.0 Å². The molecule has 5 heteroatoms. The van der Waals surface area contributed by atoms with Crippen molar-refractivity contribution in [2.45, 2.75) is 57.6 Å². The Hall–Kier alpha value is -0.810. The first-order valence-electron chi connectivity index (χ1n) is 8.08. The van der Waals surface area contributed by atoms with E-state index in [4.69, 9.17) is 0 Å². The zero-order valence-corrected chi connectivity index (χ0v) is 12.6. The number of nitrogens with one attached hydrogen (secondary N) is 2. The molecule has 0 aromatic rings. The van der Waals surface area contributed by atoms with Crippen molar-refractivity contribution >= 4 is 6.03 Å². The summed E-state index contributed by atoms with van der Waals surface area (Å²) in [4.78, 5) is 14.2. The molecule has 2 amide bonds. The molecule has 3 N–H and O–H groups in total. The van der Waals surface area contributed by atoms with Crippen molar-refractivity contribution in [3.8, 4) is 0 Å². The highest BCUT2D eigenvalue weighted by atomic mass is 16.3. The van der Waals surface area contributed by atoms with E-state index in [9.17, 15) is 9.90 Å². The van der Waals surface area contributed by atoms with E-state index in [2.05, 4.69) is 22.5 Å². The predicted molar refractivity (Wildman–Crippen MR) is 79.6 cm³/mol. The molecule has 1 aliphatic carbocycles. The van der Waals surface area contributed by atoms with E-state index in [0.717, 1.165) is 51.2 Å². The Kier molecular flexibility index (Phi) is 6.10. The summed E-state index contributed by atoms with van der Waals surface area (Å²) in [7, 11) is 0. The first kappa shape index (κ1) is 15.6. The molecule has 1 atom stereocenters. The number of rotatable bonds is 4. The summed E-state index contributed by atoms with van der Waals surface area (Å²) < 4.78 is 0. The molecular weight excluding hydrogens is 254 g/mol. The molecule has 0 radical (unpaired) electrons. The Labute approximate surface area is 122 Å². The average molecular weight is 283 g/mol. The number of likely N-dealkylation sites (tertiary alicyclic amines) is 1. The van der Waals surface area contributed by atoms with Crippen LogP contribution >= 0.6 is 0 Å². The lowest BCUT2D eigenvalue weighted by molar-refractivity contribution is 0.117. The fourth-order valence-corrected chi connectivity index (χ4v) is 3.27. The van der Waals surface area contributed by atoms with Crippen molar-refractivity contribution in [1.82, 2.24) is 15.5 Å². The van der Waals surface area contributed by atoms with Crippen LogP contribution in [0, 0.1) is 5.92 Å². The molecule has 0 aromatic carbocycles. The highest BCUT2D eigenvalue weighted by Crippen LogP contribution is 2.18. The topological polar surface area (TPSA) is 64.6 Å². The average Bonchev–Trinajstić information content (AvgIpc) is 2.41. The quantitative estimate of drug-likeness (QED) is 0.729. The van der Waals surface area contributed by atoms with Crippen LogP contribution in [0.1, 0.15) is 45.4 Å². The van der Waals surface area contributed by atoms with Gasteiger partial charge in [-0.1, -0.05) is 6.92 Å². The van der Waals surface area contributed by atoms with Crippen LogP contribution in [0.3, 0.4) is 0 Å². The molecule has 1 heterocycles. The number of nitrogens with zero attached hydrogens (tertiary/aromatic N) is 1. The summed E-state index contributed by atoms with van der Waals surface area (Å²) in [5.74, 6) is 0.784. The van der Waals surface area contributed by atoms with Gasteiger partial charge in [-0.3, -0.25) is 0 Å². The van der Waals surface area contributed by atoms with Crippen LogP contribution in [0.5, 0.6) is 0 Å². The molecule has 1 unspecified atom stereocenters. The summed E-state index contributed by atoms with van der Waals surface area (Å²) in [6.07, 6.45) is 5.82. The molecule has 1 saturated heterocycles. The second-order valence-electron chi connectivity index (χ2n) is 6.45. The van der Waals surface area contributed by atoms with Crippen molar-refractivity contribution in [2.24, 2.45) is 5.92 Å². The molecule has 0 spiro atoms. The van der Waals surface area contributed by atoms with Crippen molar-refractivity contribution < 1.29 is 9.90 Å². The fourth-order valence-electron chi connectivity index (χ4n) is 3.27. The zero-order chi connectivity index (χ0) is 14.4. The Bertz CT molecular complexity index is 303. The maximum Gasteiger partial charge on any atom is 0.315 e. The summed E-state index contributed by atoms with van der Waals surface area (Å²) in [5.41, 5.74) is 0. The minimum Gasteiger partial charge on any atom is -0.393 e. The standard InChI is InChI=1S/C15H29N3O2/c1-12-3-2-9-18(11-12)10-8-16-15(20)17-13-4-6-14(19)7-5-13/h12-14,19H,2-11H2,1H3,(H2,16,17,20). The van der Waals surface area contributed by atoms with Gasteiger partial charge in [0.25, 0.3) is 0 Å². The molecule has 0 aromatic heterocycles. The molecule has 20 heavy (non-hydrogen) atoms. The van der Waals surface area contributed by atoms with E-state index in [-0.39, 0.29) is 18.2 Å². The number of carbonyl (C=O) groups is 1. The summed E-state index contributed by atoms with van der Waals surface area (Å²) in [5, 5.41) is 15.4. The maximum atomic E-state index is 11.8. The molecule has 0 bridgehead atoms. The van der Waals surface area contributed by atoms with E-state index in [1.54, 1.807) is 0 Å². The summed E-state index contributed by atoms with van der Waals surface area (Å²) in [6, 6.07) is 0.171. The van der Waals surface area contributed by atoms with Crippen LogP contribution in [0.25, 0.3) is 0 Å². The lowest BCUT2D eigenvalue weighted by Crippen LogP contribution is -2.46. The van der Waals surface area contributed by atoms with E-state index in [1.165, 1.54) is 12.8 Å². The minimum atomic E-state index is -0.169. The van der Waals surface area contributed by atoms with E-state index in [1.807, 2.05) is 0 Å². The summed E-state index contributed by atoms with van der Waals surface area (Å²) in [6.45, 7) is 6.27. The first-order chi connectivity index (χ1) is 9.63. The Balaban J connectivity index is 1.56. The smallest absolute Gasteiger partial charge is 0.315 e. The van der Waals surface area contributed by atoms with Gasteiger partial charge < -0.3 is 20.6 Å². The molecular formula is C15H29N3O2. The van der Waals surface area contributed by atoms with Gasteiger partial charge in [0.15, 0.2) is 0 Å². The number of hydrogen-bond donors (Lipinski definition) is 3. The van der Waals surface area contributed by atoms with Crippen LogP contribution in [0.15, 0.2) is 0 Å². The van der Waals surface area contributed by atoms with Crippen molar-refractivity contribution in [2.75, 3.05) is 26.2 Å². The second-order valence-corrected chi connectivity index (χ2v) is 6.45. The predicted octanol–water partition coefficient (Wildman–Crippen LogP) is 1.32. The highest BCUT2D eigenvalue weighted by molar-refractivity contribution is 5.74. The lowest BCUT2D eigenvalue weighted by Gasteiger charge is -2.31. The molecule has 2 fully saturated rings. The second kappa shape index (κ2) is 7.84. The van der Waals surface area contributed by atoms with Gasteiger partial charge in [0, 0.05) is 25.7 Å². The van der Waals surface area contributed by atoms with E-state index in [0.29, 0.717) is 6.54 Å². The molecule has 5 nitrogen and oxygen atoms in total. The van der Waals surface area contributed by atoms with Crippen molar-refractivity contribution in [3.63, 3.8) is 0 Å². The van der Waals surface area contributed by atoms with Gasteiger partial charge in [0.2, 0.25) is 0 Å². The van der Waals surface area contributed by atoms with Crippen LogP contribution in [-0.4, -0.2) is 54.4 Å². The Morgan fingerprint density at radius 3 is 2.70 bits per heavy atom. The van der Waals surface area contributed by atoms with Crippen LogP contribution in [0.2, 0.25) is 0 Å². The molecule has 1 saturated carbocycles. The van der Waals surface area contributed by atoms with Gasteiger partial charge in [0.1, 0.15) is 0 Å². The van der Waals surface area contributed by atoms with Gasteiger partial charge in [-0.2, -0.15) is 0 Å². The number of aliphatic hydroxyl groups excluding tert-OH is 1. The van der Waals surface area contributed by atoms with Gasteiger partial charge >= 0.3 is 6.03 Å². The monoisotopic (exact) mass is 283 g/mol. The van der Waals surface area contributed by atoms with Crippen molar-refractivity contribution in [1.29, 1.82) is 0 Å². The van der Waals surface area contributed by atoms with Crippen LogP contribution in [-0.2, 0) is 0 Å². The number of aliphatic hydroxyl groups is 1. The fraction of sp³-hybridized carbons (Fsp3) is 0.933. The van der Waals surface area contributed by atoms with Crippen molar-refractivity contribution in [3.05, 3.63) is 0 Å². The first-order valence-corrected chi connectivity index (χ1v) is 8.08. The molecule has 2 aliphatic rings.